The quantitative estimate of drug-likeness (QED) is 0.0909. The fourth-order valence-corrected chi connectivity index (χ4v) is 5.20. The van der Waals surface area contributed by atoms with Gasteiger partial charge in [0.05, 0.1) is 18.8 Å². The van der Waals surface area contributed by atoms with Crippen molar-refractivity contribution in [3.05, 3.63) is 119 Å². The third kappa shape index (κ3) is 8.20. The smallest absolute Gasteiger partial charge is 0.429 e. The molecule has 1 heterocycles. The fourth-order valence-electron chi connectivity index (χ4n) is 5.20. The van der Waals surface area contributed by atoms with E-state index >= 15 is 0 Å². The van der Waals surface area contributed by atoms with Crippen LogP contribution in [0.2, 0.25) is 0 Å². The molecule has 0 aromatic heterocycles. The maximum absolute atomic E-state index is 15.0. The van der Waals surface area contributed by atoms with E-state index in [0.29, 0.717) is 37.3 Å². The monoisotopic (exact) mass is 662 g/mol. The molecule has 1 fully saturated rings. The molecule has 0 aliphatic carbocycles. The number of halogens is 8. The van der Waals surface area contributed by atoms with Crippen LogP contribution in [-0.4, -0.2) is 19.5 Å². The summed E-state index contributed by atoms with van der Waals surface area (Å²) >= 11 is 0. The van der Waals surface area contributed by atoms with Gasteiger partial charge in [0.2, 0.25) is 0 Å². The molecule has 3 nitrogen and oxygen atoms in total. The number of alkyl halides is 2. The second-order valence-electron chi connectivity index (χ2n) is 11.2. The van der Waals surface area contributed by atoms with Crippen LogP contribution >= 0.6 is 0 Å². The molecule has 0 atom stereocenters. The van der Waals surface area contributed by atoms with Crippen LogP contribution in [0.3, 0.4) is 0 Å². The summed E-state index contributed by atoms with van der Waals surface area (Å²) in [7, 11) is 0. The molecule has 47 heavy (non-hydrogen) atoms. The zero-order valence-electron chi connectivity index (χ0n) is 25.2. The second-order valence-corrected chi connectivity index (χ2v) is 11.2. The summed E-state index contributed by atoms with van der Waals surface area (Å²) in [5.74, 6) is -8.39. The first kappa shape index (κ1) is 34.1. The maximum Gasteiger partial charge on any atom is 0.429 e. The van der Waals surface area contributed by atoms with Crippen LogP contribution < -0.4 is 4.74 Å². The van der Waals surface area contributed by atoms with Crippen LogP contribution in [-0.2, 0) is 15.6 Å². The third-order valence-corrected chi connectivity index (χ3v) is 7.72. The molecule has 0 spiro atoms. The lowest BCUT2D eigenvalue weighted by molar-refractivity contribution is -0.187. The zero-order valence-corrected chi connectivity index (χ0v) is 25.2. The Kier molecular flexibility index (Phi) is 10.7. The van der Waals surface area contributed by atoms with Gasteiger partial charge in [-0.2, -0.15) is 8.78 Å². The topological polar surface area (TPSA) is 27.7 Å². The Labute approximate surface area is 266 Å². The van der Waals surface area contributed by atoms with E-state index in [2.05, 4.69) is 11.7 Å². The number of hydrogen-bond donors (Lipinski definition) is 0. The molecule has 0 N–H and O–H groups in total. The molecule has 248 valence electrons. The lowest BCUT2D eigenvalue weighted by atomic mass is 9.99. The Hall–Kier alpha value is -4.22. The number of hydrogen-bond acceptors (Lipinski definition) is 3. The lowest BCUT2D eigenvalue weighted by Crippen LogP contribution is -2.30. The van der Waals surface area contributed by atoms with Crippen molar-refractivity contribution in [1.82, 2.24) is 0 Å². The molecule has 1 aliphatic rings. The molecule has 0 amide bonds. The minimum Gasteiger partial charge on any atom is -0.429 e. The van der Waals surface area contributed by atoms with Crippen molar-refractivity contribution in [2.75, 3.05) is 13.2 Å². The van der Waals surface area contributed by atoms with Crippen molar-refractivity contribution in [3.63, 3.8) is 0 Å². The summed E-state index contributed by atoms with van der Waals surface area (Å²) < 4.78 is 131. The second kappa shape index (κ2) is 14.7. The number of unbranched alkanes of at least 4 members (excludes halogenated alkanes) is 2. The van der Waals surface area contributed by atoms with Gasteiger partial charge in [-0.3, -0.25) is 0 Å². The maximum atomic E-state index is 15.0. The average molecular weight is 663 g/mol. The van der Waals surface area contributed by atoms with Crippen molar-refractivity contribution in [2.24, 2.45) is 5.92 Å². The van der Waals surface area contributed by atoms with Gasteiger partial charge in [-0.25, -0.2) is 26.3 Å². The average Bonchev–Trinajstić information content (AvgIpc) is 3.03. The van der Waals surface area contributed by atoms with E-state index < -0.39 is 58.6 Å². The summed E-state index contributed by atoms with van der Waals surface area (Å²) in [6.45, 7) is 3.19. The van der Waals surface area contributed by atoms with Crippen LogP contribution in [0.15, 0.2) is 72.8 Å². The first-order valence-corrected chi connectivity index (χ1v) is 15.0. The largest absolute Gasteiger partial charge is 0.429 e. The molecule has 4 aromatic rings. The predicted molar refractivity (Wildman–Crippen MR) is 160 cm³/mol. The fraction of sp³-hybridized carbons (Fsp3) is 0.278. The van der Waals surface area contributed by atoms with Crippen molar-refractivity contribution < 1.29 is 49.3 Å². The van der Waals surface area contributed by atoms with Crippen LogP contribution in [0.5, 0.6) is 5.75 Å². The van der Waals surface area contributed by atoms with Gasteiger partial charge in [0.25, 0.3) is 0 Å². The molecule has 0 saturated carbocycles. The van der Waals surface area contributed by atoms with Crippen molar-refractivity contribution in [2.45, 2.75) is 45.0 Å². The van der Waals surface area contributed by atoms with E-state index in [9.17, 15) is 35.1 Å². The van der Waals surface area contributed by atoms with E-state index in [1.54, 1.807) is 6.08 Å². The van der Waals surface area contributed by atoms with E-state index in [-0.39, 0.29) is 27.8 Å². The highest BCUT2D eigenvalue weighted by atomic mass is 19.3. The van der Waals surface area contributed by atoms with Crippen LogP contribution in [0.4, 0.5) is 35.1 Å². The minimum atomic E-state index is -4.18. The molecule has 0 radical (unpaired) electrons. The Morgan fingerprint density at radius 3 is 2.00 bits per heavy atom. The van der Waals surface area contributed by atoms with Crippen molar-refractivity contribution >= 4 is 6.08 Å². The number of benzene rings is 4. The van der Waals surface area contributed by atoms with Gasteiger partial charge in [-0.1, -0.05) is 50.5 Å². The lowest BCUT2D eigenvalue weighted by Gasteiger charge is -2.27. The van der Waals surface area contributed by atoms with Gasteiger partial charge >= 0.3 is 6.11 Å². The summed E-state index contributed by atoms with van der Waals surface area (Å²) in [5, 5.41) is 0. The summed E-state index contributed by atoms with van der Waals surface area (Å²) in [6.07, 6.45) is 2.61. The van der Waals surface area contributed by atoms with Crippen LogP contribution in [0, 0.1) is 40.8 Å². The first-order valence-electron chi connectivity index (χ1n) is 15.0. The normalized spacial score (nSPS) is 17.0. The Bertz CT molecular complexity index is 1730. The number of ether oxygens (including phenoxy) is 3. The van der Waals surface area contributed by atoms with E-state index in [4.69, 9.17) is 9.47 Å². The molecule has 4 aromatic carbocycles. The summed E-state index contributed by atoms with van der Waals surface area (Å²) in [6, 6.07) is 10.1. The SMILES string of the molecule is CCCCCC1COC(C=Cc2ccc(C(F)(F)Oc3ccc(-c4ccc(-c5cc(F)c(F)c(F)c5)c(F)c4)c(F)c3)c(F)c2)OC1. The molecular formula is C36H30F8O3. The Morgan fingerprint density at radius 2 is 1.36 bits per heavy atom. The molecule has 5 rings (SSSR count). The van der Waals surface area contributed by atoms with Gasteiger partial charge in [0, 0.05) is 23.1 Å². The molecule has 1 saturated heterocycles. The predicted octanol–water partition coefficient (Wildman–Crippen LogP) is 10.6. The molecular weight excluding hydrogens is 632 g/mol. The van der Waals surface area contributed by atoms with Crippen LogP contribution in [0.25, 0.3) is 28.3 Å². The third-order valence-electron chi connectivity index (χ3n) is 7.72. The zero-order chi connectivity index (χ0) is 33.7. The Morgan fingerprint density at radius 1 is 0.723 bits per heavy atom. The molecule has 0 unspecified atom stereocenters. The van der Waals surface area contributed by atoms with Crippen molar-refractivity contribution in [3.8, 4) is 28.0 Å². The summed E-state index contributed by atoms with van der Waals surface area (Å²) in [4.78, 5) is 0. The van der Waals surface area contributed by atoms with Gasteiger partial charge in [-0.05, 0) is 71.7 Å². The first-order chi connectivity index (χ1) is 22.4. The standard InChI is InChI=1S/C36H30F8O3/c1-2-3-4-5-22-19-45-34(46-20-22)13-7-21-6-12-28(31(39)14-21)36(43,44)47-25-9-11-26(30(38)18-25)23-8-10-27(29(37)15-23)24-16-32(40)35(42)33(41)17-24/h6-18,22,34H,2-5,19-20H2,1H3. The Balaban J connectivity index is 1.24. The van der Waals surface area contributed by atoms with Gasteiger partial charge in [-0.15, -0.1) is 0 Å². The molecule has 0 bridgehead atoms. The van der Waals surface area contributed by atoms with Crippen molar-refractivity contribution in [1.29, 1.82) is 0 Å². The van der Waals surface area contributed by atoms with E-state index in [0.717, 1.165) is 62.1 Å². The highest BCUT2D eigenvalue weighted by Gasteiger charge is 2.38. The summed E-state index contributed by atoms with van der Waals surface area (Å²) in [5.41, 5.74) is -1.60. The molecule has 11 heteroatoms. The van der Waals surface area contributed by atoms with E-state index in [1.807, 2.05) is 0 Å². The van der Waals surface area contributed by atoms with Crippen LogP contribution in [0.1, 0.15) is 43.7 Å². The highest BCUT2D eigenvalue weighted by Crippen LogP contribution is 2.36. The van der Waals surface area contributed by atoms with Gasteiger partial charge in [0.15, 0.2) is 23.7 Å². The van der Waals surface area contributed by atoms with Gasteiger partial charge in [0.1, 0.15) is 23.2 Å². The van der Waals surface area contributed by atoms with E-state index in [1.165, 1.54) is 18.2 Å². The number of rotatable bonds is 11. The minimum absolute atomic E-state index is 0.0318. The van der Waals surface area contributed by atoms with Gasteiger partial charge < -0.3 is 14.2 Å². The molecule has 1 aliphatic heterocycles. The highest BCUT2D eigenvalue weighted by molar-refractivity contribution is 5.72.